The largest absolute Gasteiger partial charge is 0.309 e. The van der Waals surface area contributed by atoms with Crippen molar-refractivity contribution < 1.29 is 0 Å². The smallest absolute Gasteiger partial charge is 0.164 e. The molecule has 0 atom stereocenters. The van der Waals surface area contributed by atoms with Gasteiger partial charge in [-0.05, 0) is 93.0 Å². The number of hydrogen-bond acceptors (Lipinski definition) is 3. The number of rotatable bonds is 8. The van der Waals surface area contributed by atoms with Crippen molar-refractivity contribution in [2.24, 2.45) is 0 Å². The zero-order chi connectivity index (χ0) is 40.5. The molecule has 2 heterocycles. The molecule has 0 aliphatic carbocycles. The second-order valence-electron chi connectivity index (χ2n) is 15.3. The number of para-hydroxylation sites is 1. The van der Waals surface area contributed by atoms with Crippen LogP contribution in [0.1, 0.15) is 0 Å². The molecule has 0 aliphatic heterocycles. The molecular weight excluding hydrogens is 741 g/mol. The minimum atomic E-state index is 0.617. The summed E-state index contributed by atoms with van der Waals surface area (Å²) in [5, 5.41) is 2.44. The minimum absolute atomic E-state index is 0.617. The van der Waals surface area contributed by atoms with Crippen molar-refractivity contribution in [2.75, 3.05) is 0 Å². The first-order valence-corrected chi connectivity index (χ1v) is 20.6. The van der Waals surface area contributed by atoms with Gasteiger partial charge in [-0.1, -0.05) is 182 Å². The summed E-state index contributed by atoms with van der Waals surface area (Å²) in [5.41, 5.74) is 15.5. The quantitative estimate of drug-likeness (QED) is 0.154. The summed E-state index contributed by atoms with van der Waals surface area (Å²) in [4.78, 5) is 15.4. The van der Waals surface area contributed by atoms with Crippen molar-refractivity contribution in [2.45, 2.75) is 0 Å². The molecule has 0 spiro atoms. The summed E-state index contributed by atoms with van der Waals surface area (Å²) in [7, 11) is 0. The van der Waals surface area contributed by atoms with E-state index in [4.69, 9.17) is 15.0 Å². The maximum absolute atomic E-state index is 5.15. The Kier molecular flexibility index (Phi) is 9.14. The Morgan fingerprint density at radius 2 is 0.590 bits per heavy atom. The van der Waals surface area contributed by atoms with E-state index in [0.29, 0.717) is 17.5 Å². The van der Waals surface area contributed by atoms with E-state index < -0.39 is 0 Å². The molecule has 0 bridgehead atoms. The fourth-order valence-corrected chi connectivity index (χ4v) is 8.35. The molecule has 0 aliphatic rings. The third-order valence-electron chi connectivity index (χ3n) is 11.5. The Labute approximate surface area is 354 Å². The van der Waals surface area contributed by atoms with Crippen LogP contribution >= 0.6 is 0 Å². The highest BCUT2D eigenvalue weighted by Crippen LogP contribution is 2.36. The van der Waals surface area contributed by atoms with Crippen LogP contribution in [0.5, 0.6) is 0 Å². The molecule has 286 valence electrons. The van der Waals surface area contributed by atoms with Crippen LogP contribution < -0.4 is 0 Å². The van der Waals surface area contributed by atoms with Crippen LogP contribution in [0.2, 0.25) is 0 Å². The molecule has 0 radical (unpaired) electrons. The lowest BCUT2D eigenvalue weighted by molar-refractivity contribution is 1.07. The molecule has 2 aromatic heterocycles. The van der Waals surface area contributed by atoms with Crippen LogP contribution in [0.4, 0.5) is 0 Å². The van der Waals surface area contributed by atoms with E-state index in [-0.39, 0.29) is 0 Å². The highest BCUT2D eigenvalue weighted by atomic mass is 15.0. The predicted molar refractivity (Wildman–Crippen MR) is 252 cm³/mol. The zero-order valence-corrected chi connectivity index (χ0v) is 33.2. The average molecular weight is 779 g/mol. The summed E-state index contributed by atoms with van der Waals surface area (Å²) in [6, 6.07) is 81.1. The van der Waals surface area contributed by atoms with Crippen LogP contribution in [0, 0.1) is 0 Å². The molecule has 0 fully saturated rings. The lowest BCUT2D eigenvalue weighted by Gasteiger charge is -2.12. The van der Waals surface area contributed by atoms with Gasteiger partial charge in [0.1, 0.15) is 0 Å². The van der Waals surface area contributed by atoms with Gasteiger partial charge < -0.3 is 4.57 Å². The fraction of sp³-hybridized carbons (Fsp3) is 0. The topological polar surface area (TPSA) is 43.6 Å². The van der Waals surface area contributed by atoms with Gasteiger partial charge in [0.15, 0.2) is 17.5 Å². The monoisotopic (exact) mass is 778 g/mol. The minimum Gasteiger partial charge on any atom is -0.309 e. The van der Waals surface area contributed by atoms with Crippen molar-refractivity contribution in [3.05, 3.63) is 231 Å². The van der Waals surface area contributed by atoms with Gasteiger partial charge in [0.05, 0.1) is 11.0 Å². The van der Waals surface area contributed by atoms with Crippen molar-refractivity contribution in [3.8, 4) is 84.4 Å². The Bertz CT molecular complexity index is 3300. The third-order valence-corrected chi connectivity index (χ3v) is 11.5. The Balaban J connectivity index is 0.988. The van der Waals surface area contributed by atoms with Crippen LogP contribution in [0.3, 0.4) is 0 Å². The van der Waals surface area contributed by atoms with Gasteiger partial charge in [-0.25, -0.2) is 15.0 Å². The van der Waals surface area contributed by atoms with Gasteiger partial charge in [-0.15, -0.1) is 0 Å². The van der Waals surface area contributed by atoms with Gasteiger partial charge in [-0.3, -0.25) is 0 Å². The van der Waals surface area contributed by atoms with Gasteiger partial charge in [-0.2, -0.15) is 0 Å². The van der Waals surface area contributed by atoms with Crippen LogP contribution in [0.25, 0.3) is 106 Å². The lowest BCUT2D eigenvalue weighted by Crippen LogP contribution is -2.01. The van der Waals surface area contributed by atoms with E-state index in [0.717, 1.165) is 50.1 Å². The highest BCUT2D eigenvalue weighted by Gasteiger charge is 2.16. The molecule has 4 heteroatoms. The summed E-state index contributed by atoms with van der Waals surface area (Å²) in [5.74, 6) is 1.86. The van der Waals surface area contributed by atoms with Crippen molar-refractivity contribution in [3.63, 3.8) is 0 Å². The highest BCUT2D eigenvalue weighted by molar-refractivity contribution is 6.10. The molecule has 0 unspecified atom stereocenters. The van der Waals surface area contributed by atoms with Gasteiger partial charge in [0, 0.05) is 33.2 Å². The molecule has 0 saturated heterocycles. The molecule has 9 aromatic carbocycles. The standard InChI is InChI=1S/C57H38N4/c1-4-13-39(14-5-1)42-23-25-44(26-24-42)47-19-12-20-49(37-47)57-59-55(45-29-27-43(28-30-45)40-15-6-2-7-16-40)58-56(60-57)46-31-34-50(35-32-46)61-53-22-11-10-21-51(53)52-38-48(33-36-54(52)61)41-17-8-3-9-18-41/h1-38H. The number of nitrogens with zero attached hydrogens (tertiary/aromatic N) is 4. The molecule has 0 N–H and O–H groups in total. The summed E-state index contributed by atoms with van der Waals surface area (Å²) in [6.07, 6.45) is 0. The molecule has 11 aromatic rings. The summed E-state index contributed by atoms with van der Waals surface area (Å²) >= 11 is 0. The maximum Gasteiger partial charge on any atom is 0.164 e. The molecule has 4 nitrogen and oxygen atoms in total. The van der Waals surface area contributed by atoms with E-state index in [2.05, 4.69) is 223 Å². The van der Waals surface area contributed by atoms with E-state index in [1.807, 2.05) is 12.1 Å². The fourth-order valence-electron chi connectivity index (χ4n) is 8.35. The van der Waals surface area contributed by atoms with E-state index >= 15 is 0 Å². The van der Waals surface area contributed by atoms with Gasteiger partial charge >= 0.3 is 0 Å². The van der Waals surface area contributed by atoms with E-state index in [1.165, 1.54) is 38.6 Å². The average Bonchev–Trinajstić information content (AvgIpc) is 3.68. The number of fused-ring (bicyclic) bond motifs is 3. The SMILES string of the molecule is c1ccc(-c2ccc(-c3cccc(-c4nc(-c5ccc(-c6ccccc6)cc5)nc(-c5ccc(-n6c7ccccc7c7cc(-c8ccccc8)ccc76)cc5)n4)c3)cc2)cc1. The molecule has 11 rings (SSSR count). The van der Waals surface area contributed by atoms with Crippen LogP contribution in [-0.2, 0) is 0 Å². The third kappa shape index (κ3) is 6.96. The number of hydrogen-bond donors (Lipinski definition) is 0. The maximum atomic E-state index is 5.15. The molecule has 0 amide bonds. The number of aromatic nitrogens is 4. The number of benzene rings is 9. The van der Waals surface area contributed by atoms with Crippen molar-refractivity contribution in [1.29, 1.82) is 0 Å². The van der Waals surface area contributed by atoms with Crippen LogP contribution in [0.15, 0.2) is 231 Å². The first-order chi connectivity index (χ1) is 30.2. The predicted octanol–water partition coefficient (Wildman–Crippen LogP) is 14.6. The summed E-state index contributed by atoms with van der Waals surface area (Å²) < 4.78 is 2.35. The molecular formula is C57H38N4. The second kappa shape index (κ2) is 15.5. The van der Waals surface area contributed by atoms with E-state index in [1.54, 1.807) is 0 Å². The Morgan fingerprint density at radius 3 is 1.16 bits per heavy atom. The zero-order valence-electron chi connectivity index (χ0n) is 33.2. The first kappa shape index (κ1) is 35.9. The normalized spacial score (nSPS) is 11.3. The summed E-state index contributed by atoms with van der Waals surface area (Å²) in [6.45, 7) is 0. The Hall–Kier alpha value is -8.21. The molecule has 61 heavy (non-hydrogen) atoms. The molecule has 0 saturated carbocycles. The van der Waals surface area contributed by atoms with E-state index in [9.17, 15) is 0 Å². The first-order valence-electron chi connectivity index (χ1n) is 20.6. The van der Waals surface area contributed by atoms with Gasteiger partial charge in [0.2, 0.25) is 0 Å². The van der Waals surface area contributed by atoms with Gasteiger partial charge in [0.25, 0.3) is 0 Å². The second-order valence-corrected chi connectivity index (χ2v) is 15.3. The Morgan fingerprint density at radius 1 is 0.230 bits per heavy atom. The van der Waals surface area contributed by atoms with Crippen molar-refractivity contribution in [1.82, 2.24) is 19.5 Å². The lowest BCUT2D eigenvalue weighted by atomic mass is 9.99. The van der Waals surface area contributed by atoms with Crippen molar-refractivity contribution >= 4 is 21.8 Å². The van der Waals surface area contributed by atoms with Crippen LogP contribution in [-0.4, -0.2) is 19.5 Å².